The number of rotatable bonds is 2. The van der Waals surface area contributed by atoms with Crippen LogP contribution in [-0.2, 0) is 0 Å². The van der Waals surface area contributed by atoms with Crippen LogP contribution in [0.4, 0.5) is 5.69 Å². The van der Waals surface area contributed by atoms with Crippen molar-refractivity contribution in [3.8, 4) is 0 Å². The minimum atomic E-state index is -0.163. The van der Waals surface area contributed by atoms with Crippen molar-refractivity contribution < 1.29 is 14.8 Å². The van der Waals surface area contributed by atoms with Crippen molar-refractivity contribution in [2.75, 3.05) is 24.7 Å². The minimum Gasteiger partial charge on any atom is -0.393 e. The summed E-state index contributed by atoms with van der Waals surface area (Å²) >= 11 is 0. The highest BCUT2D eigenvalue weighted by Crippen LogP contribution is 2.36. The van der Waals surface area contributed by atoms with E-state index in [4.69, 9.17) is 0 Å². The third-order valence-corrected chi connectivity index (χ3v) is 4.69. The van der Waals surface area contributed by atoms with E-state index in [0.717, 1.165) is 48.0 Å². The summed E-state index contributed by atoms with van der Waals surface area (Å²) in [6, 6.07) is 12.0. The second-order valence-electron chi connectivity index (χ2n) is 6.05. The van der Waals surface area contributed by atoms with E-state index in [1.807, 2.05) is 29.2 Å². The summed E-state index contributed by atoms with van der Waals surface area (Å²) in [5.41, 5.74) is 1.85. The van der Waals surface area contributed by atoms with Gasteiger partial charge in [0.05, 0.1) is 30.4 Å². The Labute approximate surface area is 123 Å². The third-order valence-electron chi connectivity index (χ3n) is 4.69. The Balaban J connectivity index is 1.66. The molecule has 21 heavy (non-hydrogen) atoms. The van der Waals surface area contributed by atoms with Crippen LogP contribution in [0.3, 0.4) is 0 Å². The van der Waals surface area contributed by atoms with Crippen molar-refractivity contribution in [2.24, 2.45) is 0 Å². The molecule has 2 aliphatic rings. The molecule has 2 aromatic carbocycles. The number of hydrogen-bond acceptors (Lipinski definition) is 2. The quantitative estimate of drug-likeness (QED) is 0.856. The first-order valence-electron chi connectivity index (χ1n) is 7.59. The fourth-order valence-electron chi connectivity index (χ4n) is 3.53. The molecule has 0 atom stereocenters. The highest BCUT2D eigenvalue weighted by molar-refractivity contribution is 6.24. The largest absolute Gasteiger partial charge is 0.393 e. The number of anilines is 1. The van der Waals surface area contributed by atoms with Gasteiger partial charge in [-0.2, -0.15) is 0 Å². The zero-order chi connectivity index (χ0) is 14.4. The van der Waals surface area contributed by atoms with E-state index in [9.17, 15) is 9.90 Å². The predicted molar refractivity (Wildman–Crippen MR) is 81.6 cm³/mol. The van der Waals surface area contributed by atoms with E-state index in [0.29, 0.717) is 6.67 Å². The molecule has 0 spiro atoms. The van der Waals surface area contributed by atoms with E-state index in [2.05, 4.69) is 12.1 Å². The van der Waals surface area contributed by atoms with E-state index >= 15 is 0 Å². The average Bonchev–Trinajstić information content (AvgIpc) is 2.78. The maximum atomic E-state index is 12.7. The van der Waals surface area contributed by atoms with E-state index < -0.39 is 0 Å². The fraction of sp³-hybridized carbons (Fsp3) is 0.353. The Morgan fingerprint density at radius 3 is 2.62 bits per heavy atom. The fourth-order valence-corrected chi connectivity index (χ4v) is 3.53. The molecule has 0 aliphatic carbocycles. The minimum absolute atomic E-state index is 0.112. The van der Waals surface area contributed by atoms with E-state index in [-0.39, 0.29) is 12.0 Å². The van der Waals surface area contributed by atoms with Gasteiger partial charge in [-0.3, -0.25) is 9.69 Å². The molecular weight excluding hydrogens is 264 g/mol. The lowest BCUT2D eigenvalue weighted by Crippen LogP contribution is -3.15. The standard InChI is InChI=1S/C17H18N2O2/c20-13-7-9-18(10-8-13)11-19-15-6-2-4-12-3-1-5-14(16(12)15)17(19)21/h1-6,13,20H,7-11H2/p+1. The van der Waals surface area contributed by atoms with Crippen LogP contribution in [0.5, 0.6) is 0 Å². The molecule has 2 heterocycles. The third kappa shape index (κ3) is 2.03. The van der Waals surface area contributed by atoms with Gasteiger partial charge in [0.1, 0.15) is 0 Å². The van der Waals surface area contributed by atoms with Gasteiger partial charge in [0, 0.05) is 18.2 Å². The highest BCUT2D eigenvalue weighted by Gasteiger charge is 2.33. The summed E-state index contributed by atoms with van der Waals surface area (Å²) in [6.07, 6.45) is 1.49. The average molecular weight is 283 g/mol. The number of aliphatic hydroxyl groups is 1. The maximum Gasteiger partial charge on any atom is 0.263 e. The number of quaternary nitrogens is 1. The second-order valence-corrected chi connectivity index (χ2v) is 6.05. The van der Waals surface area contributed by atoms with Crippen LogP contribution in [0, 0.1) is 0 Å². The first kappa shape index (κ1) is 12.8. The van der Waals surface area contributed by atoms with Crippen LogP contribution in [0.25, 0.3) is 10.8 Å². The molecule has 0 saturated carbocycles. The molecule has 2 aromatic rings. The maximum absolute atomic E-state index is 12.7. The molecule has 4 rings (SSSR count). The topological polar surface area (TPSA) is 45.0 Å². The lowest BCUT2D eigenvalue weighted by Gasteiger charge is -2.30. The van der Waals surface area contributed by atoms with Crippen LogP contribution < -0.4 is 9.80 Å². The highest BCUT2D eigenvalue weighted by atomic mass is 16.3. The van der Waals surface area contributed by atoms with Gasteiger partial charge in [0.15, 0.2) is 6.67 Å². The van der Waals surface area contributed by atoms with Gasteiger partial charge < -0.3 is 10.0 Å². The molecule has 0 unspecified atom stereocenters. The van der Waals surface area contributed by atoms with Gasteiger partial charge in [-0.05, 0) is 17.5 Å². The molecule has 0 aromatic heterocycles. The molecule has 2 aliphatic heterocycles. The molecule has 0 bridgehead atoms. The Kier molecular flexibility index (Phi) is 2.94. The van der Waals surface area contributed by atoms with Gasteiger partial charge >= 0.3 is 0 Å². The van der Waals surface area contributed by atoms with Crippen LogP contribution in [0.15, 0.2) is 36.4 Å². The van der Waals surface area contributed by atoms with Crippen LogP contribution >= 0.6 is 0 Å². The Bertz CT molecular complexity index is 700. The lowest BCUT2D eigenvalue weighted by atomic mass is 10.1. The van der Waals surface area contributed by atoms with Crippen LogP contribution in [-0.4, -0.2) is 36.9 Å². The number of likely N-dealkylation sites (tertiary alicyclic amines) is 1. The Morgan fingerprint density at radius 1 is 1.14 bits per heavy atom. The Hall–Kier alpha value is -1.91. The van der Waals surface area contributed by atoms with Gasteiger partial charge in [-0.25, -0.2) is 0 Å². The number of amides is 1. The van der Waals surface area contributed by atoms with Crippen molar-refractivity contribution in [1.82, 2.24) is 0 Å². The molecule has 4 nitrogen and oxygen atoms in total. The number of piperidine rings is 1. The zero-order valence-corrected chi connectivity index (χ0v) is 11.9. The molecule has 1 saturated heterocycles. The van der Waals surface area contributed by atoms with Crippen LogP contribution in [0.1, 0.15) is 23.2 Å². The molecule has 4 heteroatoms. The van der Waals surface area contributed by atoms with E-state index in [1.54, 1.807) is 0 Å². The summed E-state index contributed by atoms with van der Waals surface area (Å²) in [5, 5.41) is 11.8. The van der Waals surface area contributed by atoms with Gasteiger partial charge in [-0.15, -0.1) is 0 Å². The van der Waals surface area contributed by atoms with Gasteiger partial charge in [-0.1, -0.05) is 24.3 Å². The molecule has 1 fully saturated rings. The normalized spacial score (nSPS) is 24.8. The smallest absolute Gasteiger partial charge is 0.263 e. The lowest BCUT2D eigenvalue weighted by molar-refractivity contribution is -0.904. The van der Waals surface area contributed by atoms with E-state index in [1.165, 1.54) is 4.90 Å². The van der Waals surface area contributed by atoms with Crippen molar-refractivity contribution in [2.45, 2.75) is 18.9 Å². The van der Waals surface area contributed by atoms with Gasteiger partial charge in [0.25, 0.3) is 5.91 Å². The SMILES string of the molecule is O=C1c2cccc3cccc(c23)N1C[NH+]1CCC(O)CC1. The molecule has 108 valence electrons. The zero-order valence-electron chi connectivity index (χ0n) is 11.9. The number of benzene rings is 2. The number of carbonyl (C=O) groups is 1. The van der Waals surface area contributed by atoms with Crippen LogP contribution in [0.2, 0.25) is 0 Å². The monoisotopic (exact) mass is 283 g/mol. The predicted octanol–water partition coefficient (Wildman–Crippen LogP) is 0.797. The first-order valence-corrected chi connectivity index (χ1v) is 7.59. The summed E-state index contributed by atoms with van der Waals surface area (Å²) in [6.45, 7) is 2.55. The molecule has 0 radical (unpaired) electrons. The summed E-state index contributed by atoms with van der Waals surface area (Å²) in [5.74, 6) is 0.112. The van der Waals surface area contributed by atoms with Crippen molar-refractivity contribution >= 4 is 22.4 Å². The van der Waals surface area contributed by atoms with Crippen molar-refractivity contribution in [3.05, 3.63) is 42.0 Å². The van der Waals surface area contributed by atoms with Crippen molar-refractivity contribution in [1.29, 1.82) is 0 Å². The summed E-state index contributed by atoms with van der Waals surface area (Å²) in [4.78, 5) is 16.0. The number of aliphatic hydroxyl groups excluding tert-OH is 1. The molecule has 2 N–H and O–H groups in total. The number of hydrogen-bond donors (Lipinski definition) is 2. The number of nitrogens with zero attached hydrogens (tertiary/aromatic N) is 1. The summed E-state index contributed by atoms with van der Waals surface area (Å²) < 4.78 is 0. The second kappa shape index (κ2) is 4.83. The Morgan fingerprint density at radius 2 is 1.86 bits per heavy atom. The number of nitrogens with one attached hydrogen (secondary N) is 1. The number of carbonyl (C=O) groups excluding carboxylic acids is 1. The van der Waals surface area contributed by atoms with Gasteiger partial charge in [0.2, 0.25) is 0 Å². The first-order chi connectivity index (χ1) is 10.2. The molecular formula is C17H19N2O2+. The summed E-state index contributed by atoms with van der Waals surface area (Å²) in [7, 11) is 0. The van der Waals surface area contributed by atoms with Crippen molar-refractivity contribution in [3.63, 3.8) is 0 Å². The molecule has 1 amide bonds.